The van der Waals surface area contributed by atoms with Gasteiger partial charge in [0.15, 0.2) is 5.82 Å². The van der Waals surface area contributed by atoms with Gasteiger partial charge in [0.05, 0.1) is 12.1 Å². The summed E-state index contributed by atoms with van der Waals surface area (Å²) in [6, 6.07) is 7.92. The van der Waals surface area contributed by atoms with Crippen LogP contribution < -0.4 is 10.1 Å². The normalized spacial score (nSPS) is 24.5. The number of ether oxygens (including phenoxy) is 2. The van der Waals surface area contributed by atoms with E-state index >= 15 is 0 Å². The maximum Gasteiger partial charge on any atom is 0.257 e. The summed E-state index contributed by atoms with van der Waals surface area (Å²) in [4.78, 5) is 6.82. The smallest absolute Gasteiger partial charge is 0.257 e. The van der Waals surface area contributed by atoms with Crippen LogP contribution in [-0.4, -0.2) is 61.0 Å². The molecule has 0 aliphatic carbocycles. The summed E-state index contributed by atoms with van der Waals surface area (Å²) in [6.45, 7) is 4.26. The highest BCUT2D eigenvalue weighted by atomic mass is 16.5. The number of hydrogen-bond donors (Lipinski definition) is 1. The Hall–Kier alpha value is -1.96. The second-order valence-corrected chi connectivity index (χ2v) is 6.63. The molecule has 25 heavy (non-hydrogen) atoms. The fourth-order valence-electron chi connectivity index (χ4n) is 3.24. The topological polar surface area (TPSA) is 72.7 Å². The van der Waals surface area contributed by atoms with E-state index in [2.05, 4.69) is 27.4 Å². The molecule has 2 saturated heterocycles. The fourth-order valence-corrected chi connectivity index (χ4v) is 3.24. The van der Waals surface area contributed by atoms with Crippen molar-refractivity contribution in [3.8, 4) is 17.2 Å². The molecule has 0 amide bonds. The monoisotopic (exact) mass is 344 g/mol. The highest BCUT2D eigenvalue weighted by Crippen LogP contribution is 2.25. The summed E-state index contributed by atoms with van der Waals surface area (Å²) in [5, 5.41) is 7.53. The SMILES string of the molecule is CN1CCNCC1c1noc(-c2ccc(OCC3CCCO3)cc2)n1. The van der Waals surface area contributed by atoms with E-state index in [0.29, 0.717) is 12.5 Å². The number of nitrogens with zero attached hydrogens (tertiary/aromatic N) is 3. The van der Waals surface area contributed by atoms with Crippen molar-refractivity contribution in [1.82, 2.24) is 20.4 Å². The molecule has 0 bridgehead atoms. The molecule has 3 heterocycles. The van der Waals surface area contributed by atoms with E-state index in [9.17, 15) is 0 Å². The fraction of sp³-hybridized carbons (Fsp3) is 0.556. The van der Waals surface area contributed by atoms with Gasteiger partial charge in [-0.1, -0.05) is 5.16 Å². The van der Waals surface area contributed by atoms with Gasteiger partial charge in [-0.05, 0) is 44.2 Å². The molecule has 7 heteroatoms. The first kappa shape index (κ1) is 16.5. The first-order valence-corrected chi connectivity index (χ1v) is 8.89. The maximum absolute atomic E-state index is 5.79. The Balaban J connectivity index is 1.40. The molecule has 7 nitrogen and oxygen atoms in total. The third kappa shape index (κ3) is 3.84. The van der Waals surface area contributed by atoms with Crippen LogP contribution in [0.15, 0.2) is 28.8 Å². The molecule has 2 unspecified atom stereocenters. The summed E-state index contributed by atoms with van der Waals surface area (Å²) >= 11 is 0. The van der Waals surface area contributed by atoms with Gasteiger partial charge in [-0.2, -0.15) is 4.98 Å². The van der Waals surface area contributed by atoms with Crippen molar-refractivity contribution in [1.29, 1.82) is 0 Å². The van der Waals surface area contributed by atoms with Crippen LogP contribution >= 0.6 is 0 Å². The van der Waals surface area contributed by atoms with Crippen molar-refractivity contribution in [2.24, 2.45) is 0 Å². The Kier molecular flexibility index (Phi) is 4.96. The average Bonchev–Trinajstić information content (AvgIpc) is 3.33. The number of benzene rings is 1. The Morgan fingerprint density at radius 3 is 2.96 bits per heavy atom. The van der Waals surface area contributed by atoms with Crippen LogP contribution in [0.5, 0.6) is 5.75 Å². The predicted molar refractivity (Wildman–Crippen MR) is 92.4 cm³/mol. The van der Waals surface area contributed by atoms with E-state index in [1.54, 1.807) is 0 Å². The van der Waals surface area contributed by atoms with Gasteiger partial charge in [-0.25, -0.2) is 0 Å². The van der Waals surface area contributed by atoms with Gasteiger partial charge in [0.1, 0.15) is 12.4 Å². The number of rotatable bonds is 5. The molecule has 1 aromatic heterocycles. The van der Waals surface area contributed by atoms with Crippen LogP contribution in [0.2, 0.25) is 0 Å². The molecule has 2 aromatic rings. The van der Waals surface area contributed by atoms with Gasteiger partial charge in [0.2, 0.25) is 0 Å². The number of likely N-dealkylation sites (N-methyl/N-ethyl adjacent to an activating group) is 1. The van der Waals surface area contributed by atoms with Gasteiger partial charge in [0.25, 0.3) is 5.89 Å². The molecule has 2 aliphatic rings. The molecule has 4 rings (SSSR count). The first-order valence-electron chi connectivity index (χ1n) is 8.89. The van der Waals surface area contributed by atoms with E-state index in [1.165, 1.54) is 0 Å². The van der Waals surface area contributed by atoms with Gasteiger partial charge in [0, 0.05) is 31.8 Å². The Morgan fingerprint density at radius 2 is 2.20 bits per heavy atom. The van der Waals surface area contributed by atoms with E-state index in [1.807, 2.05) is 24.3 Å². The highest BCUT2D eigenvalue weighted by molar-refractivity contribution is 5.54. The maximum atomic E-state index is 5.79. The Labute approximate surface area is 147 Å². The molecule has 2 aliphatic heterocycles. The van der Waals surface area contributed by atoms with Crippen molar-refractivity contribution in [2.75, 3.05) is 39.9 Å². The lowest BCUT2D eigenvalue weighted by molar-refractivity contribution is 0.0679. The molecule has 1 aromatic carbocycles. The zero-order valence-corrected chi connectivity index (χ0v) is 14.5. The second-order valence-electron chi connectivity index (χ2n) is 6.63. The Bertz CT molecular complexity index is 682. The lowest BCUT2D eigenvalue weighted by atomic mass is 10.2. The predicted octanol–water partition coefficient (Wildman–Crippen LogP) is 1.87. The summed E-state index contributed by atoms with van der Waals surface area (Å²) in [5.74, 6) is 2.10. The average molecular weight is 344 g/mol. The quantitative estimate of drug-likeness (QED) is 0.888. The standard InChI is InChI=1S/C18H24N4O3/c1-22-9-8-19-11-16(22)17-20-18(25-21-17)13-4-6-14(7-5-13)24-12-15-3-2-10-23-15/h4-7,15-16,19H,2-3,8-12H2,1H3. The summed E-state index contributed by atoms with van der Waals surface area (Å²) in [6.07, 6.45) is 2.42. The molecule has 2 fully saturated rings. The number of hydrogen-bond acceptors (Lipinski definition) is 7. The van der Waals surface area contributed by atoms with Crippen molar-refractivity contribution in [3.63, 3.8) is 0 Å². The minimum absolute atomic E-state index is 0.153. The molecule has 2 atom stereocenters. The van der Waals surface area contributed by atoms with E-state index in [-0.39, 0.29) is 12.1 Å². The van der Waals surface area contributed by atoms with Crippen molar-refractivity contribution < 1.29 is 14.0 Å². The van der Waals surface area contributed by atoms with Gasteiger partial charge in [-0.15, -0.1) is 0 Å². The number of piperazine rings is 1. The van der Waals surface area contributed by atoms with Crippen LogP contribution in [0, 0.1) is 0 Å². The lowest BCUT2D eigenvalue weighted by Crippen LogP contribution is -2.44. The highest BCUT2D eigenvalue weighted by Gasteiger charge is 2.25. The van der Waals surface area contributed by atoms with E-state index in [4.69, 9.17) is 14.0 Å². The Morgan fingerprint density at radius 1 is 1.32 bits per heavy atom. The van der Waals surface area contributed by atoms with Crippen molar-refractivity contribution >= 4 is 0 Å². The molecule has 0 saturated carbocycles. The molecule has 0 spiro atoms. The third-order valence-electron chi connectivity index (χ3n) is 4.81. The minimum Gasteiger partial charge on any atom is -0.491 e. The van der Waals surface area contributed by atoms with E-state index < -0.39 is 0 Å². The van der Waals surface area contributed by atoms with Crippen molar-refractivity contribution in [3.05, 3.63) is 30.1 Å². The second kappa shape index (κ2) is 7.51. The van der Waals surface area contributed by atoms with Gasteiger partial charge >= 0.3 is 0 Å². The van der Waals surface area contributed by atoms with Crippen LogP contribution in [0.4, 0.5) is 0 Å². The molecule has 134 valence electrons. The summed E-state index contributed by atoms with van der Waals surface area (Å²) in [7, 11) is 2.09. The van der Waals surface area contributed by atoms with E-state index in [0.717, 1.165) is 56.2 Å². The minimum atomic E-state index is 0.153. The molecular weight excluding hydrogens is 320 g/mol. The molecule has 1 N–H and O–H groups in total. The summed E-state index contributed by atoms with van der Waals surface area (Å²) in [5.41, 5.74) is 0.898. The number of nitrogens with one attached hydrogen (secondary N) is 1. The summed E-state index contributed by atoms with van der Waals surface area (Å²) < 4.78 is 16.8. The van der Waals surface area contributed by atoms with Crippen LogP contribution in [0.25, 0.3) is 11.5 Å². The van der Waals surface area contributed by atoms with Gasteiger partial charge < -0.3 is 19.3 Å². The molecular formula is C18H24N4O3. The number of aromatic nitrogens is 2. The van der Waals surface area contributed by atoms with Crippen LogP contribution in [0.3, 0.4) is 0 Å². The third-order valence-corrected chi connectivity index (χ3v) is 4.81. The van der Waals surface area contributed by atoms with Gasteiger partial charge in [-0.3, -0.25) is 4.90 Å². The molecule has 0 radical (unpaired) electrons. The first-order chi connectivity index (χ1) is 12.3. The largest absolute Gasteiger partial charge is 0.491 e. The van der Waals surface area contributed by atoms with Crippen LogP contribution in [-0.2, 0) is 4.74 Å². The van der Waals surface area contributed by atoms with Crippen molar-refractivity contribution in [2.45, 2.75) is 25.0 Å². The zero-order valence-electron chi connectivity index (χ0n) is 14.5. The van der Waals surface area contributed by atoms with Crippen LogP contribution in [0.1, 0.15) is 24.7 Å². The lowest BCUT2D eigenvalue weighted by Gasteiger charge is -2.30. The zero-order chi connectivity index (χ0) is 17.1.